The van der Waals surface area contributed by atoms with Crippen molar-refractivity contribution in [1.82, 2.24) is 10.3 Å². The van der Waals surface area contributed by atoms with E-state index in [1.54, 1.807) is 24.5 Å². The number of carbonyl (C=O) groups is 2. The van der Waals surface area contributed by atoms with Crippen LogP contribution in [0.4, 0.5) is 5.69 Å². The van der Waals surface area contributed by atoms with Gasteiger partial charge in [0.1, 0.15) is 5.75 Å². The molecule has 30 heavy (non-hydrogen) atoms. The molecule has 6 nitrogen and oxygen atoms in total. The minimum Gasteiger partial charge on any atom is -0.493 e. The molecule has 0 aliphatic carbocycles. The van der Waals surface area contributed by atoms with Gasteiger partial charge in [0.15, 0.2) is 0 Å². The van der Waals surface area contributed by atoms with E-state index >= 15 is 0 Å². The minimum absolute atomic E-state index is 0.0925. The van der Waals surface area contributed by atoms with E-state index in [1.165, 1.54) is 5.56 Å². The van der Waals surface area contributed by atoms with Crippen molar-refractivity contribution in [2.45, 2.75) is 26.8 Å². The van der Waals surface area contributed by atoms with Gasteiger partial charge in [-0.05, 0) is 66.9 Å². The zero-order valence-corrected chi connectivity index (χ0v) is 17.1. The SMILES string of the molecule is Cc1ccc(OCCC(=O)NCc2cccc(NC(=O)c3ccncc3)c2)cc1C. The Morgan fingerprint density at radius 1 is 0.967 bits per heavy atom. The second kappa shape index (κ2) is 10.2. The number of anilines is 1. The molecule has 0 spiro atoms. The quantitative estimate of drug-likeness (QED) is 0.595. The van der Waals surface area contributed by atoms with Gasteiger partial charge < -0.3 is 15.4 Å². The Labute approximate surface area is 176 Å². The molecular formula is C24H25N3O3. The van der Waals surface area contributed by atoms with Gasteiger partial charge in [-0.3, -0.25) is 14.6 Å². The zero-order valence-electron chi connectivity index (χ0n) is 17.1. The first-order chi connectivity index (χ1) is 14.5. The summed E-state index contributed by atoms with van der Waals surface area (Å²) in [4.78, 5) is 28.3. The number of aryl methyl sites for hydroxylation is 2. The summed E-state index contributed by atoms with van der Waals surface area (Å²) in [6, 6.07) is 16.6. The largest absolute Gasteiger partial charge is 0.493 e. The predicted octanol–water partition coefficient (Wildman–Crippen LogP) is 4.04. The van der Waals surface area contributed by atoms with E-state index in [9.17, 15) is 9.59 Å². The monoisotopic (exact) mass is 403 g/mol. The van der Waals surface area contributed by atoms with E-state index in [-0.39, 0.29) is 18.2 Å². The molecule has 0 bridgehead atoms. The minimum atomic E-state index is -0.206. The fraction of sp³-hybridized carbons (Fsp3) is 0.208. The molecule has 3 aromatic rings. The number of benzene rings is 2. The standard InChI is InChI=1S/C24H25N3O3/c1-17-6-7-22(14-18(17)2)30-13-10-23(28)26-16-19-4-3-5-21(15-19)27-24(29)20-8-11-25-12-9-20/h3-9,11-12,14-15H,10,13,16H2,1-2H3,(H,26,28)(H,27,29). The second-order valence-corrected chi connectivity index (χ2v) is 7.01. The third-order valence-corrected chi connectivity index (χ3v) is 4.69. The van der Waals surface area contributed by atoms with Crippen LogP contribution in [0.15, 0.2) is 67.0 Å². The summed E-state index contributed by atoms with van der Waals surface area (Å²) in [5.41, 5.74) is 4.47. The summed E-state index contributed by atoms with van der Waals surface area (Å²) < 4.78 is 5.66. The van der Waals surface area contributed by atoms with Gasteiger partial charge in [-0.2, -0.15) is 0 Å². The lowest BCUT2D eigenvalue weighted by Crippen LogP contribution is -2.24. The normalized spacial score (nSPS) is 10.3. The number of aromatic nitrogens is 1. The molecule has 3 rings (SSSR count). The maximum absolute atomic E-state index is 12.2. The third-order valence-electron chi connectivity index (χ3n) is 4.69. The van der Waals surface area contributed by atoms with E-state index in [0.717, 1.165) is 16.9 Å². The lowest BCUT2D eigenvalue weighted by molar-refractivity contribution is -0.121. The molecule has 154 valence electrons. The summed E-state index contributed by atoms with van der Waals surface area (Å²) in [7, 11) is 0. The molecule has 2 amide bonds. The van der Waals surface area contributed by atoms with Gasteiger partial charge in [0.25, 0.3) is 5.91 Å². The fourth-order valence-electron chi connectivity index (χ4n) is 2.82. The van der Waals surface area contributed by atoms with Crippen LogP contribution in [0.25, 0.3) is 0 Å². The first-order valence-electron chi connectivity index (χ1n) is 9.78. The molecule has 2 aromatic carbocycles. The molecule has 0 aliphatic rings. The van der Waals surface area contributed by atoms with Crippen molar-refractivity contribution in [3.63, 3.8) is 0 Å². The average molecular weight is 403 g/mol. The Kier molecular flexibility index (Phi) is 7.16. The van der Waals surface area contributed by atoms with Crippen molar-refractivity contribution in [3.05, 3.63) is 89.2 Å². The Balaban J connectivity index is 1.45. The van der Waals surface area contributed by atoms with Crippen LogP contribution >= 0.6 is 0 Å². The summed E-state index contributed by atoms with van der Waals surface area (Å²) in [5.74, 6) is 0.468. The molecule has 6 heteroatoms. The number of nitrogens with zero attached hydrogens (tertiary/aromatic N) is 1. The van der Waals surface area contributed by atoms with E-state index in [1.807, 2.05) is 56.3 Å². The first-order valence-corrected chi connectivity index (χ1v) is 9.78. The number of nitrogens with one attached hydrogen (secondary N) is 2. The van der Waals surface area contributed by atoms with Crippen LogP contribution in [0.3, 0.4) is 0 Å². The predicted molar refractivity (Wildman–Crippen MR) is 117 cm³/mol. The highest BCUT2D eigenvalue weighted by atomic mass is 16.5. The van der Waals surface area contributed by atoms with Crippen molar-refractivity contribution in [1.29, 1.82) is 0 Å². The highest BCUT2D eigenvalue weighted by Crippen LogP contribution is 2.16. The van der Waals surface area contributed by atoms with Gasteiger partial charge in [0, 0.05) is 30.2 Å². The third kappa shape index (κ3) is 6.17. The number of carbonyl (C=O) groups excluding carboxylic acids is 2. The number of amides is 2. The lowest BCUT2D eigenvalue weighted by Gasteiger charge is -2.10. The maximum Gasteiger partial charge on any atom is 0.255 e. The number of ether oxygens (including phenoxy) is 1. The highest BCUT2D eigenvalue weighted by Gasteiger charge is 2.07. The Morgan fingerprint density at radius 3 is 2.53 bits per heavy atom. The molecule has 0 fully saturated rings. The van der Waals surface area contributed by atoms with Crippen LogP contribution < -0.4 is 15.4 Å². The summed E-state index contributed by atoms with van der Waals surface area (Å²) in [6.45, 7) is 4.77. The van der Waals surface area contributed by atoms with E-state index < -0.39 is 0 Å². The van der Waals surface area contributed by atoms with E-state index in [4.69, 9.17) is 4.74 Å². The maximum atomic E-state index is 12.2. The fourth-order valence-corrected chi connectivity index (χ4v) is 2.82. The summed E-state index contributed by atoms with van der Waals surface area (Å²) >= 11 is 0. The van der Waals surface area contributed by atoms with Crippen molar-refractivity contribution >= 4 is 17.5 Å². The molecule has 1 heterocycles. The van der Waals surface area contributed by atoms with Crippen LogP contribution in [-0.4, -0.2) is 23.4 Å². The molecule has 2 N–H and O–H groups in total. The van der Waals surface area contributed by atoms with Gasteiger partial charge in [-0.15, -0.1) is 0 Å². The Bertz CT molecular complexity index is 1020. The van der Waals surface area contributed by atoms with Gasteiger partial charge >= 0.3 is 0 Å². The van der Waals surface area contributed by atoms with Crippen LogP contribution in [0.5, 0.6) is 5.75 Å². The molecule has 0 radical (unpaired) electrons. The smallest absolute Gasteiger partial charge is 0.255 e. The first kappa shape index (κ1) is 21.0. The molecule has 0 aliphatic heterocycles. The van der Waals surface area contributed by atoms with E-state index in [2.05, 4.69) is 15.6 Å². The molecular weight excluding hydrogens is 378 g/mol. The van der Waals surface area contributed by atoms with Gasteiger partial charge in [-0.25, -0.2) is 0 Å². The highest BCUT2D eigenvalue weighted by molar-refractivity contribution is 6.04. The van der Waals surface area contributed by atoms with Crippen molar-refractivity contribution in [3.8, 4) is 5.75 Å². The summed E-state index contributed by atoms with van der Waals surface area (Å²) in [5, 5.41) is 5.73. The molecule has 0 saturated heterocycles. The number of rotatable bonds is 8. The molecule has 0 atom stereocenters. The van der Waals surface area contributed by atoms with E-state index in [0.29, 0.717) is 24.4 Å². The second-order valence-electron chi connectivity index (χ2n) is 7.01. The van der Waals surface area contributed by atoms with Crippen LogP contribution in [-0.2, 0) is 11.3 Å². The molecule has 1 aromatic heterocycles. The van der Waals surface area contributed by atoms with Gasteiger partial charge in [0.2, 0.25) is 5.91 Å². The van der Waals surface area contributed by atoms with Crippen molar-refractivity contribution < 1.29 is 14.3 Å². The lowest BCUT2D eigenvalue weighted by atomic mass is 10.1. The van der Waals surface area contributed by atoms with Crippen molar-refractivity contribution in [2.75, 3.05) is 11.9 Å². The Hall–Kier alpha value is -3.67. The zero-order chi connectivity index (χ0) is 21.3. The topological polar surface area (TPSA) is 80.3 Å². The summed E-state index contributed by atoms with van der Waals surface area (Å²) in [6.07, 6.45) is 3.42. The van der Waals surface area contributed by atoms with Crippen molar-refractivity contribution in [2.24, 2.45) is 0 Å². The number of hydrogen-bond donors (Lipinski definition) is 2. The molecule has 0 unspecified atom stereocenters. The number of hydrogen-bond acceptors (Lipinski definition) is 4. The van der Waals surface area contributed by atoms with Gasteiger partial charge in [-0.1, -0.05) is 18.2 Å². The van der Waals surface area contributed by atoms with Crippen LogP contribution in [0.1, 0.15) is 33.5 Å². The number of pyridine rings is 1. The van der Waals surface area contributed by atoms with Crippen LogP contribution in [0, 0.1) is 13.8 Å². The van der Waals surface area contributed by atoms with Crippen LogP contribution in [0.2, 0.25) is 0 Å². The molecule has 0 saturated carbocycles. The average Bonchev–Trinajstić information content (AvgIpc) is 2.76. The Morgan fingerprint density at radius 2 is 1.77 bits per heavy atom. The van der Waals surface area contributed by atoms with Gasteiger partial charge in [0.05, 0.1) is 13.0 Å².